The Morgan fingerprint density at radius 1 is 0.667 bits per heavy atom. The molecule has 0 amide bonds. The van der Waals surface area contributed by atoms with Gasteiger partial charge >= 0.3 is 11.9 Å². The number of hydrogen-bond donors (Lipinski definition) is 0. The Bertz CT molecular complexity index is 1390. The molecule has 1 heterocycles. The summed E-state index contributed by atoms with van der Waals surface area (Å²) in [5.41, 5.74) is 5.91. The molecule has 4 aromatic rings. The van der Waals surface area contributed by atoms with Crippen LogP contribution in [0.5, 0.6) is 0 Å². The monoisotopic (exact) mass is 452 g/mol. The summed E-state index contributed by atoms with van der Waals surface area (Å²) < 4.78 is 10.2. The highest BCUT2D eigenvalue weighted by atomic mass is 32.2. The van der Waals surface area contributed by atoms with Crippen LogP contribution in [0.15, 0.2) is 94.7 Å². The summed E-state index contributed by atoms with van der Waals surface area (Å²) in [6.07, 6.45) is 0. The van der Waals surface area contributed by atoms with Crippen LogP contribution in [0.4, 0.5) is 0 Å². The lowest BCUT2D eigenvalue weighted by Crippen LogP contribution is -2.15. The van der Waals surface area contributed by atoms with Gasteiger partial charge < -0.3 is 9.47 Å². The van der Waals surface area contributed by atoms with Crippen molar-refractivity contribution in [2.75, 3.05) is 14.2 Å². The lowest BCUT2D eigenvalue weighted by atomic mass is 9.88. The van der Waals surface area contributed by atoms with Crippen LogP contribution in [-0.4, -0.2) is 26.2 Å². The second-order valence-corrected chi connectivity index (χ2v) is 8.60. The van der Waals surface area contributed by atoms with E-state index in [1.165, 1.54) is 14.2 Å². The molecular formula is C28H20O4S. The molecule has 162 valence electrons. The van der Waals surface area contributed by atoms with Crippen LogP contribution in [0, 0.1) is 0 Å². The van der Waals surface area contributed by atoms with E-state index in [0.717, 1.165) is 37.6 Å². The highest BCUT2D eigenvalue weighted by molar-refractivity contribution is 7.99. The Hall–Kier alpha value is -3.83. The van der Waals surface area contributed by atoms with Crippen molar-refractivity contribution in [3.05, 3.63) is 96.1 Å². The van der Waals surface area contributed by atoms with Crippen LogP contribution in [0.1, 0.15) is 20.7 Å². The van der Waals surface area contributed by atoms with Gasteiger partial charge in [-0.1, -0.05) is 84.6 Å². The standard InChI is InChI=1S/C28H20O4S/c1-31-27(29)22-16-21-19-13-7-6-12-18(19)20-14-8-9-15-23(20)33-26(21)24(25(22)28(30)32-2)17-10-4-3-5-11-17/h3-16H,1-2H3. The zero-order chi connectivity index (χ0) is 22.9. The Morgan fingerprint density at radius 2 is 1.24 bits per heavy atom. The number of rotatable bonds is 3. The van der Waals surface area contributed by atoms with E-state index >= 15 is 0 Å². The van der Waals surface area contributed by atoms with E-state index < -0.39 is 11.9 Å². The predicted octanol–water partition coefficient (Wildman–Crippen LogP) is 6.73. The molecule has 0 spiro atoms. The second kappa shape index (κ2) is 8.60. The number of ether oxygens (including phenoxy) is 2. The van der Waals surface area contributed by atoms with Crippen molar-refractivity contribution in [2.45, 2.75) is 9.79 Å². The second-order valence-electron chi connectivity index (χ2n) is 7.54. The van der Waals surface area contributed by atoms with E-state index in [2.05, 4.69) is 18.2 Å². The first-order valence-corrected chi connectivity index (χ1v) is 11.3. The molecular weight excluding hydrogens is 432 g/mol. The van der Waals surface area contributed by atoms with Gasteiger partial charge in [-0.25, -0.2) is 9.59 Å². The van der Waals surface area contributed by atoms with Crippen LogP contribution in [0.25, 0.3) is 33.4 Å². The predicted molar refractivity (Wildman–Crippen MR) is 130 cm³/mol. The van der Waals surface area contributed by atoms with E-state index in [0.29, 0.717) is 5.56 Å². The fraction of sp³-hybridized carbons (Fsp3) is 0.0714. The summed E-state index contributed by atoms with van der Waals surface area (Å²) in [6, 6.07) is 27.7. The molecule has 0 aromatic heterocycles. The Balaban J connectivity index is 1.98. The van der Waals surface area contributed by atoms with Gasteiger partial charge in [0.15, 0.2) is 0 Å². The van der Waals surface area contributed by atoms with Crippen molar-refractivity contribution >= 4 is 23.7 Å². The Kier molecular flexibility index (Phi) is 5.48. The number of carbonyl (C=O) groups excluding carboxylic acids is 2. The van der Waals surface area contributed by atoms with Crippen LogP contribution in [0.3, 0.4) is 0 Å². The molecule has 0 aliphatic carbocycles. The first kappa shape index (κ1) is 21.0. The van der Waals surface area contributed by atoms with Crippen molar-refractivity contribution in [3.63, 3.8) is 0 Å². The number of carbonyl (C=O) groups is 2. The van der Waals surface area contributed by atoms with Crippen molar-refractivity contribution < 1.29 is 19.1 Å². The van der Waals surface area contributed by atoms with Crippen LogP contribution >= 0.6 is 11.8 Å². The topological polar surface area (TPSA) is 52.6 Å². The maximum Gasteiger partial charge on any atom is 0.339 e. The van der Waals surface area contributed by atoms with Crippen LogP contribution < -0.4 is 0 Å². The smallest absolute Gasteiger partial charge is 0.339 e. The van der Waals surface area contributed by atoms with Gasteiger partial charge in [0, 0.05) is 15.4 Å². The van der Waals surface area contributed by atoms with Gasteiger partial charge in [0.1, 0.15) is 0 Å². The fourth-order valence-electron chi connectivity index (χ4n) is 4.28. The summed E-state index contributed by atoms with van der Waals surface area (Å²) in [5.74, 6) is -1.16. The maximum absolute atomic E-state index is 13.1. The van der Waals surface area contributed by atoms with Gasteiger partial charge in [-0.05, 0) is 39.9 Å². The SMILES string of the molecule is COC(=O)c1cc2c(c(-c3ccccc3)c1C(=O)OC)Sc1ccccc1-c1ccccc1-2. The minimum Gasteiger partial charge on any atom is -0.465 e. The number of esters is 2. The van der Waals surface area contributed by atoms with Gasteiger partial charge in [-0.2, -0.15) is 0 Å². The molecule has 5 rings (SSSR count). The lowest BCUT2D eigenvalue weighted by molar-refractivity contribution is 0.0555. The van der Waals surface area contributed by atoms with Crippen molar-refractivity contribution in [2.24, 2.45) is 0 Å². The molecule has 1 aliphatic rings. The Labute approximate surface area is 196 Å². The van der Waals surface area contributed by atoms with Gasteiger partial charge in [-0.15, -0.1) is 0 Å². The molecule has 1 aliphatic heterocycles. The minimum absolute atomic E-state index is 0.184. The number of benzene rings is 4. The van der Waals surface area contributed by atoms with Crippen molar-refractivity contribution in [1.82, 2.24) is 0 Å². The fourth-order valence-corrected chi connectivity index (χ4v) is 5.53. The number of fused-ring (bicyclic) bond motifs is 5. The molecule has 0 fully saturated rings. The number of methoxy groups -OCH3 is 2. The molecule has 33 heavy (non-hydrogen) atoms. The average molecular weight is 453 g/mol. The molecule has 0 radical (unpaired) electrons. The summed E-state index contributed by atoms with van der Waals surface area (Å²) in [7, 11) is 2.64. The van der Waals surface area contributed by atoms with E-state index in [9.17, 15) is 9.59 Å². The van der Waals surface area contributed by atoms with E-state index in [4.69, 9.17) is 9.47 Å². The van der Waals surface area contributed by atoms with Crippen LogP contribution in [0.2, 0.25) is 0 Å². The Morgan fingerprint density at radius 3 is 1.91 bits per heavy atom. The lowest BCUT2D eigenvalue weighted by Gasteiger charge is -2.20. The number of hydrogen-bond acceptors (Lipinski definition) is 5. The zero-order valence-corrected chi connectivity index (χ0v) is 18.9. The quantitative estimate of drug-likeness (QED) is 0.284. The molecule has 0 atom stereocenters. The normalized spacial score (nSPS) is 11.5. The van der Waals surface area contributed by atoms with E-state index in [1.54, 1.807) is 17.8 Å². The summed E-state index contributed by atoms with van der Waals surface area (Å²) in [5, 5.41) is 0. The summed E-state index contributed by atoms with van der Waals surface area (Å²) in [4.78, 5) is 27.9. The molecule has 0 unspecified atom stereocenters. The van der Waals surface area contributed by atoms with Gasteiger partial charge in [0.05, 0.1) is 25.3 Å². The third kappa shape index (κ3) is 3.51. The zero-order valence-electron chi connectivity index (χ0n) is 18.1. The molecule has 0 saturated carbocycles. The van der Waals surface area contributed by atoms with Crippen molar-refractivity contribution in [3.8, 4) is 33.4 Å². The summed E-state index contributed by atoms with van der Waals surface area (Å²) in [6.45, 7) is 0. The van der Waals surface area contributed by atoms with Gasteiger partial charge in [-0.3, -0.25) is 0 Å². The van der Waals surface area contributed by atoms with Crippen molar-refractivity contribution in [1.29, 1.82) is 0 Å². The largest absolute Gasteiger partial charge is 0.465 e. The first-order valence-electron chi connectivity index (χ1n) is 10.4. The average Bonchev–Trinajstić information content (AvgIpc) is 3.01. The third-order valence-corrected chi connectivity index (χ3v) is 6.95. The summed E-state index contributed by atoms with van der Waals surface area (Å²) >= 11 is 1.59. The molecule has 4 nitrogen and oxygen atoms in total. The maximum atomic E-state index is 13.1. The molecule has 0 bridgehead atoms. The van der Waals surface area contributed by atoms with Crippen LogP contribution in [-0.2, 0) is 9.47 Å². The molecule has 5 heteroatoms. The molecule has 0 N–H and O–H groups in total. The minimum atomic E-state index is -0.584. The first-order chi connectivity index (χ1) is 16.1. The molecule has 0 saturated heterocycles. The highest BCUT2D eigenvalue weighted by Gasteiger charge is 2.31. The van der Waals surface area contributed by atoms with Gasteiger partial charge in [0.2, 0.25) is 0 Å². The highest BCUT2D eigenvalue weighted by Crippen LogP contribution is 2.52. The van der Waals surface area contributed by atoms with Gasteiger partial charge in [0.25, 0.3) is 0 Å². The van der Waals surface area contributed by atoms with E-state index in [-0.39, 0.29) is 11.1 Å². The third-order valence-electron chi connectivity index (χ3n) is 5.74. The van der Waals surface area contributed by atoms with E-state index in [1.807, 2.05) is 60.7 Å². The molecule has 4 aromatic carbocycles.